The molecule has 0 saturated heterocycles. The number of hydrogen-bond acceptors (Lipinski definition) is 2. The van der Waals surface area contributed by atoms with E-state index >= 15 is 0 Å². The van der Waals surface area contributed by atoms with E-state index in [-0.39, 0.29) is 24.7 Å². The van der Waals surface area contributed by atoms with Gasteiger partial charge >= 0.3 is 6.18 Å². The highest BCUT2D eigenvalue weighted by molar-refractivity contribution is 9.10. The number of alkyl halides is 3. The van der Waals surface area contributed by atoms with Crippen LogP contribution in [0.4, 0.5) is 18.9 Å². The van der Waals surface area contributed by atoms with Crippen LogP contribution in [0.2, 0.25) is 0 Å². The lowest BCUT2D eigenvalue weighted by molar-refractivity contribution is -0.137. The van der Waals surface area contributed by atoms with E-state index in [0.29, 0.717) is 4.47 Å². The molecule has 0 spiro atoms. The second-order valence-electron chi connectivity index (χ2n) is 3.60. The number of carbonyl (C=O) groups is 1. The zero-order chi connectivity index (χ0) is 13.8. The van der Waals surface area contributed by atoms with E-state index in [0.717, 1.165) is 6.07 Å². The van der Waals surface area contributed by atoms with Gasteiger partial charge < -0.3 is 10.6 Å². The van der Waals surface area contributed by atoms with Gasteiger partial charge in [-0.3, -0.25) is 4.79 Å². The van der Waals surface area contributed by atoms with Crippen molar-refractivity contribution in [2.75, 3.05) is 18.4 Å². The maximum Gasteiger partial charge on any atom is 0.418 e. The van der Waals surface area contributed by atoms with Gasteiger partial charge in [0.1, 0.15) is 0 Å². The van der Waals surface area contributed by atoms with E-state index in [4.69, 9.17) is 0 Å². The second-order valence-corrected chi connectivity index (χ2v) is 4.51. The molecule has 0 heterocycles. The lowest BCUT2D eigenvalue weighted by Crippen LogP contribution is -2.26. The van der Waals surface area contributed by atoms with Crippen LogP contribution in [0.1, 0.15) is 12.5 Å². The van der Waals surface area contributed by atoms with Gasteiger partial charge in [-0.1, -0.05) is 15.9 Å². The highest BCUT2D eigenvalue weighted by atomic mass is 79.9. The van der Waals surface area contributed by atoms with Crippen LogP contribution in [0, 0.1) is 0 Å². The molecule has 0 atom stereocenters. The zero-order valence-corrected chi connectivity index (χ0v) is 11.2. The molecule has 7 heteroatoms. The van der Waals surface area contributed by atoms with Gasteiger partial charge in [0.15, 0.2) is 0 Å². The standard InChI is InChI=1S/C11H12BrF3N2O/c1-7(18)16-4-5-17-10-3-2-8(12)6-9(10)11(13,14)15/h2-3,6,17H,4-5H2,1H3,(H,16,18). The normalized spacial score (nSPS) is 11.2. The molecule has 3 nitrogen and oxygen atoms in total. The average Bonchev–Trinajstić information content (AvgIpc) is 2.24. The van der Waals surface area contributed by atoms with Gasteiger partial charge in [0.2, 0.25) is 5.91 Å². The molecule has 0 bridgehead atoms. The summed E-state index contributed by atoms with van der Waals surface area (Å²) in [6.07, 6.45) is -4.42. The van der Waals surface area contributed by atoms with Gasteiger partial charge in [0.25, 0.3) is 0 Å². The van der Waals surface area contributed by atoms with Crippen molar-refractivity contribution in [3.8, 4) is 0 Å². The molecule has 1 aromatic rings. The Bertz CT molecular complexity index is 435. The topological polar surface area (TPSA) is 41.1 Å². The van der Waals surface area contributed by atoms with Crippen LogP contribution in [0.15, 0.2) is 22.7 Å². The molecule has 0 aromatic heterocycles. The minimum atomic E-state index is -4.42. The molecule has 0 fully saturated rings. The van der Waals surface area contributed by atoms with Crippen LogP contribution in [0.3, 0.4) is 0 Å². The molecule has 0 aliphatic carbocycles. The molecule has 0 unspecified atom stereocenters. The smallest absolute Gasteiger partial charge is 0.383 e. The van der Waals surface area contributed by atoms with Crippen LogP contribution in [0.5, 0.6) is 0 Å². The predicted molar refractivity (Wildman–Crippen MR) is 66.3 cm³/mol. The first-order valence-electron chi connectivity index (χ1n) is 5.16. The summed E-state index contributed by atoms with van der Waals surface area (Å²) in [5.74, 6) is -0.219. The van der Waals surface area contributed by atoms with E-state index in [1.165, 1.54) is 19.1 Å². The SMILES string of the molecule is CC(=O)NCCNc1ccc(Br)cc1C(F)(F)F. The number of anilines is 1. The number of hydrogen-bond donors (Lipinski definition) is 2. The van der Waals surface area contributed by atoms with Crippen molar-refractivity contribution < 1.29 is 18.0 Å². The Morgan fingerprint density at radius 1 is 1.33 bits per heavy atom. The number of benzene rings is 1. The number of carbonyl (C=O) groups excluding carboxylic acids is 1. The Labute approximate surface area is 111 Å². The molecule has 0 aliphatic heterocycles. The molecule has 0 aliphatic rings. The first-order valence-corrected chi connectivity index (χ1v) is 5.95. The molecule has 0 radical (unpaired) electrons. The van der Waals surface area contributed by atoms with Gasteiger partial charge in [-0.2, -0.15) is 13.2 Å². The van der Waals surface area contributed by atoms with E-state index in [1.54, 1.807) is 0 Å². The van der Waals surface area contributed by atoms with Crippen molar-refractivity contribution in [2.45, 2.75) is 13.1 Å². The third-order valence-electron chi connectivity index (χ3n) is 2.10. The second kappa shape index (κ2) is 6.08. The fraction of sp³-hybridized carbons (Fsp3) is 0.364. The third kappa shape index (κ3) is 4.56. The van der Waals surface area contributed by atoms with E-state index < -0.39 is 11.7 Å². The molecule has 0 saturated carbocycles. The molecular weight excluding hydrogens is 313 g/mol. The maximum atomic E-state index is 12.7. The number of amides is 1. The molecule has 100 valence electrons. The van der Waals surface area contributed by atoms with Crippen molar-refractivity contribution in [1.82, 2.24) is 5.32 Å². The van der Waals surface area contributed by atoms with E-state index in [1.807, 2.05) is 0 Å². The Morgan fingerprint density at radius 3 is 2.56 bits per heavy atom. The monoisotopic (exact) mass is 324 g/mol. The van der Waals surface area contributed by atoms with Gasteiger partial charge in [-0.05, 0) is 18.2 Å². The summed E-state index contributed by atoms with van der Waals surface area (Å²) in [4.78, 5) is 10.6. The third-order valence-corrected chi connectivity index (χ3v) is 2.59. The summed E-state index contributed by atoms with van der Waals surface area (Å²) in [5.41, 5.74) is -0.740. The minimum Gasteiger partial charge on any atom is -0.383 e. The zero-order valence-electron chi connectivity index (χ0n) is 9.57. The summed E-state index contributed by atoms with van der Waals surface area (Å²) in [5, 5.41) is 5.14. The number of nitrogens with one attached hydrogen (secondary N) is 2. The van der Waals surface area contributed by atoms with Crippen molar-refractivity contribution in [2.24, 2.45) is 0 Å². The van der Waals surface area contributed by atoms with Crippen LogP contribution < -0.4 is 10.6 Å². The Morgan fingerprint density at radius 2 is 2.00 bits per heavy atom. The quantitative estimate of drug-likeness (QED) is 0.836. The first-order chi connectivity index (χ1) is 8.30. The maximum absolute atomic E-state index is 12.7. The largest absolute Gasteiger partial charge is 0.418 e. The Hall–Kier alpha value is -1.24. The van der Waals surface area contributed by atoms with Crippen molar-refractivity contribution in [1.29, 1.82) is 0 Å². The lowest BCUT2D eigenvalue weighted by Gasteiger charge is -2.15. The molecule has 1 rings (SSSR count). The summed E-state index contributed by atoms with van der Waals surface area (Å²) in [6, 6.07) is 3.89. The average molecular weight is 325 g/mol. The summed E-state index contributed by atoms with van der Waals surface area (Å²) in [7, 11) is 0. The van der Waals surface area contributed by atoms with Gasteiger partial charge in [-0.25, -0.2) is 0 Å². The summed E-state index contributed by atoms with van der Waals surface area (Å²) < 4.78 is 38.6. The Balaban J connectivity index is 2.73. The van der Waals surface area contributed by atoms with E-state index in [2.05, 4.69) is 26.6 Å². The molecule has 18 heavy (non-hydrogen) atoms. The van der Waals surface area contributed by atoms with Crippen molar-refractivity contribution >= 4 is 27.5 Å². The molecule has 2 N–H and O–H groups in total. The van der Waals surface area contributed by atoms with Crippen LogP contribution in [0.25, 0.3) is 0 Å². The molecule has 1 amide bonds. The molecule has 1 aromatic carbocycles. The first kappa shape index (κ1) is 14.8. The van der Waals surface area contributed by atoms with Gasteiger partial charge in [-0.15, -0.1) is 0 Å². The fourth-order valence-electron chi connectivity index (χ4n) is 1.34. The summed E-state index contributed by atoms with van der Waals surface area (Å²) >= 11 is 3.00. The van der Waals surface area contributed by atoms with Crippen LogP contribution in [-0.4, -0.2) is 19.0 Å². The van der Waals surface area contributed by atoms with Crippen molar-refractivity contribution in [3.05, 3.63) is 28.2 Å². The summed E-state index contributed by atoms with van der Waals surface area (Å²) in [6.45, 7) is 1.84. The number of halogens is 4. The van der Waals surface area contributed by atoms with Crippen LogP contribution >= 0.6 is 15.9 Å². The van der Waals surface area contributed by atoms with Gasteiger partial charge in [0.05, 0.1) is 5.56 Å². The predicted octanol–water partition coefficient (Wildman–Crippen LogP) is 3.02. The Kier molecular flexibility index (Phi) is 5.01. The van der Waals surface area contributed by atoms with E-state index in [9.17, 15) is 18.0 Å². The van der Waals surface area contributed by atoms with Crippen molar-refractivity contribution in [3.63, 3.8) is 0 Å². The minimum absolute atomic E-state index is 0.00366. The molecular formula is C11H12BrF3N2O. The fourth-order valence-corrected chi connectivity index (χ4v) is 1.70. The van der Waals surface area contributed by atoms with Crippen LogP contribution in [-0.2, 0) is 11.0 Å². The highest BCUT2D eigenvalue weighted by Crippen LogP contribution is 2.36. The number of rotatable bonds is 4. The highest BCUT2D eigenvalue weighted by Gasteiger charge is 2.33. The lowest BCUT2D eigenvalue weighted by atomic mass is 10.1. The van der Waals surface area contributed by atoms with Gasteiger partial charge in [0, 0.05) is 30.2 Å².